The number of hydrogen-bond acceptors (Lipinski definition) is 4. The van der Waals surface area contributed by atoms with Crippen LogP contribution in [-0.2, 0) is 6.54 Å². The van der Waals surface area contributed by atoms with Gasteiger partial charge >= 0.3 is 0 Å². The van der Waals surface area contributed by atoms with Crippen molar-refractivity contribution in [3.63, 3.8) is 0 Å². The van der Waals surface area contributed by atoms with E-state index in [1.807, 2.05) is 5.38 Å². The van der Waals surface area contributed by atoms with E-state index in [0.717, 1.165) is 31.7 Å². The van der Waals surface area contributed by atoms with Gasteiger partial charge in [-0.15, -0.1) is 11.3 Å². The van der Waals surface area contributed by atoms with E-state index in [2.05, 4.69) is 16.8 Å². The zero-order valence-electron chi connectivity index (χ0n) is 8.74. The van der Waals surface area contributed by atoms with Crippen molar-refractivity contribution in [3.05, 3.63) is 15.5 Å². The van der Waals surface area contributed by atoms with Crippen molar-refractivity contribution in [1.82, 2.24) is 9.88 Å². The van der Waals surface area contributed by atoms with Crippen LogP contribution >= 0.6 is 22.9 Å². The molecule has 3 nitrogen and oxygen atoms in total. The summed E-state index contributed by atoms with van der Waals surface area (Å²) in [5.41, 5.74) is 1.10. The molecule has 84 valence electrons. The summed E-state index contributed by atoms with van der Waals surface area (Å²) in [6.07, 6.45) is 1.06. The summed E-state index contributed by atoms with van der Waals surface area (Å²) < 4.78 is 0.606. The molecule has 1 aromatic rings. The zero-order chi connectivity index (χ0) is 10.9. The second-order valence-electron chi connectivity index (χ2n) is 4.52. The van der Waals surface area contributed by atoms with Crippen molar-refractivity contribution in [2.75, 3.05) is 19.7 Å². The fourth-order valence-corrected chi connectivity index (χ4v) is 2.75. The second kappa shape index (κ2) is 4.37. The van der Waals surface area contributed by atoms with Crippen LogP contribution in [0, 0.1) is 5.41 Å². The van der Waals surface area contributed by atoms with Crippen LogP contribution in [0.3, 0.4) is 0 Å². The molecule has 1 unspecified atom stereocenters. The maximum atomic E-state index is 9.25. The number of halogens is 1. The molecule has 1 aromatic heterocycles. The molecule has 2 rings (SSSR count). The quantitative estimate of drug-likeness (QED) is 0.886. The van der Waals surface area contributed by atoms with Gasteiger partial charge < -0.3 is 5.11 Å². The van der Waals surface area contributed by atoms with Crippen LogP contribution in [0.15, 0.2) is 5.38 Å². The maximum absolute atomic E-state index is 9.25. The standard InChI is InChI=1S/C10H15ClN2OS/c1-10(7-14)2-3-13(6-10)4-8-5-15-9(11)12-8/h5,14H,2-4,6-7H2,1H3. The van der Waals surface area contributed by atoms with E-state index in [-0.39, 0.29) is 12.0 Å². The molecular formula is C10H15ClN2OS. The van der Waals surface area contributed by atoms with E-state index in [9.17, 15) is 5.11 Å². The number of rotatable bonds is 3. The van der Waals surface area contributed by atoms with Crippen molar-refractivity contribution in [2.45, 2.75) is 19.9 Å². The van der Waals surface area contributed by atoms with E-state index < -0.39 is 0 Å². The summed E-state index contributed by atoms with van der Waals surface area (Å²) in [5, 5.41) is 11.2. The molecule has 0 bridgehead atoms. The molecule has 0 spiro atoms. The molecule has 2 heterocycles. The SMILES string of the molecule is CC1(CO)CCN(Cc2csc(Cl)n2)C1. The van der Waals surface area contributed by atoms with Crippen molar-refractivity contribution >= 4 is 22.9 Å². The number of likely N-dealkylation sites (tertiary alicyclic amines) is 1. The molecule has 0 aliphatic carbocycles. The highest BCUT2D eigenvalue weighted by molar-refractivity contribution is 7.13. The Bertz CT molecular complexity index is 344. The van der Waals surface area contributed by atoms with Gasteiger partial charge in [-0.25, -0.2) is 4.98 Å². The third-order valence-electron chi connectivity index (χ3n) is 2.93. The van der Waals surface area contributed by atoms with Crippen LogP contribution in [0.25, 0.3) is 0 Å². The highest BCUT2D eigenvalue weighted by atomic mass is 35.5. The van der Waals surface area contributed by atoms with Gasteiger partial charge in [-0.3, -0.25) is 4.90 Å². The number of thiazole rings is 1. The van der Waals surface area contributed by atoms with E-state index >= 15 is 0 Å². The van der Waals surface area contributed by atoms with Crippen molar-refractivity contribution < 1.29 is 5.11 Å². The summed E-state index contributed by atoms with van der Waals surface area (Å²) in [4.78, 5) is 6.55. The molecule has 5 heteroatoms. The molecule has 15 heavy (non-hydrogen) atoms. The Kier molecular flexibility index (Phi) is 3.30. The Labute approximate surface area is 98.7 Å². The van der Waals surface area contributed by atoms with E-state index in [1.54, 1.807) is 0 Å². The smallest absolute Gasteiger partial charge is 0.183 e. The highest BCUT2D eigenvalue weighted by Gasteiger charge is 2.33. The molecule has 1 N–H and O–H groups in total. The zero-order valence-corrected chi connectivity index (χ0v) is 10.3. The lowest BCUT2D eigenvalue weighted by atomic mass is 9.91. The number of aliphatic hydroxyl groups excluding tert-OH is 1. The molecule has 1 fully saturated rings. The Balaban J connectivity index is 1.92. The summed E-state index contributed by atoms with van der Waals surface area (Å²) in [7, 11) is 0. The van der Waals surface area contributed by atoms with E-state index in [0.29, 0.717) is 4.47 Å². The molecule has 0 saturated carbocycles. The van der Waals surface area contributed by atoms with Gasteiger partial charge in [0, 0.05) is 30.5 Å². The van der Waals surface area contributed by atoms with Gasteiger partial charge in [0.05, 0.1) is 5.69 Å². The minimum Gasteiger partial charge on any atom is -0.396 e. The van der Waals surface area contributed by atoms with Crippen LogP contribution in [-0.4, -0.2) is 34.7 Å². The van der Waals surface area contributed by atoms with Gasteiger partial charge in [0.1, 0.15) is 0 Å². The van der Waals surface area contributed by atoms with Gasteiger partial charge in [0.25, 0.3) is 0 Å². The van der Waals surface area contributed by atoms with Crippen LogP contribution in [0.4, 0.5) is 0 Å². The Morgan fingerprint density at radius 1 is 1.73 bits per heavy atom. The van der Waals surface area contributed by atoms with Gasteiger partial charge in [-0.2, -0.15) is 0 Å². The average Bonchev–Trinajstić information content (AvgIpc) is 2.76. The Hall–Kier alpha value is -0.160. The predicted molar refractivity (Wildman–Crippen MR) is 62.2 cm³/mol. The van der Waals surface area contributed by atoms with Crippen molar-refractivity contribution in [3.8, 4) is 0 Å². The van der Waals surface area contributed by atoms with Gasteiger partial charge in [0.2, 0.25) is 0 Å². The lowest BCUT2D eigenvalue weighted by molar-refractivity contribution is 0.144. The first-order valence-corrected chi connectivity index (χ1v) is 6.30. The van der Waals surface area contributed by atoms with Crippen molar-refractivity contribution in [1.29, 1.82) is 0 Å². The highest BCUT2D eigenvalue weighted by Crippen LogP contribution is 2.30. The lowest BCUT2D eigenvalue weighted by Crippen LogP contribution is -2.27. The van der Waals surface area contributed by atoms with E-state index in [1.165, 1.54) is 11.3 Å². The third kappa shape index (κ3) is 2.69. The second-order valence-corrected chi connectivity index (χ2v) is 5.96. The first kappa shape index (κ1) is 11.3. The van der Waals surface area contributed by atoms with E-state index in [4.69, 9.17) is 11.6 Å². The fraction of sp³-hybridized carbons (Fsp3) is 0.700. The minimum absolute atomic E-state index is 0.0693. The third-order valence-corrected chi connectivity index (χ3v) is 3.96. The number of nitrogens with zero attached hydrogens (tertiary/aromatic N) is 2. The Morgan fingerprint density at radius 2 is 2.53 bits per heavy atom. The molecule has 0 aromatic carbocycles. The lowest BCUT2D eigenvalue weighted by Gasteiger charge is -2.21. The summed E-state index contributed by atoms with van der Waals surface area (Å²) >= 11 is 7.25. The summed E-state index contributed by atoms with van der Waals surface area (Å²) in [6.45, 7) is 5.21. The molecule has 0 amide bonds. The van der Waals surface area contributed by atoms with Crippen LogP contribution < -0.4 is 0 Å². The van der Waals surface area contributed by atoms with Crippen LogP contribution in [0.2, 0.25) is 4.47 Å². The molecule has 1 aliphatic heterocycles. The number of hydrogen-bond donors (Lipinski definition) is 1. The fourth-order valence-electron chi connectivity index (χ4n) is 1.97. The monoisotopic (exact) mass is 246 g/mol. The largest absolute Gasteiger partial charge is 0.396 e. The normalized spacial score (nSPS) is 27.4. The van der Waals surface area contributed by atoms with Crippen LogP contribution in [0.1, 0.15) is 19.0 Å². The number of aromatic nitrogens is 1. The molecule has 1 aliphatic rings. The average molecular weight is 247 g/mol. The number of aliphatic hydroxyl groups is 1. The molecule has 1 atom stereocenters. The first-order valence-electron chi connectivity index (χ1n) is 5.04. The summed E-state index contributed by atoms with van der Waals surface area (Å²) in [6, 6.07) is 0. The predicted octanol–water partition coefficient (Wildman–Crippen LogP) is 2.00. The minimum atomic E-state index is 0.0693. The summed E-state index contributed by atoms with van der Waals surface area (Å²) in [5.74, 6) is 0. The van der Waals surface area contributed by atoms with Gasteiger partial charge in [0.15, 0.2) is 4.47 Å². The van der Waals surface area contributed by atoms with Gasteiger partial charge in [-0.1, -0.05) is 18.5 Å². The Morgan fingerprint density at radius 3 is 3.07 bits per heavy atom. The molecule has 0 radical (unpaired) electrons. The van der Waals surface area contributed by atoms with Crippen molar-refractivity contribution in [2.24, 2.45) is 5.41 Å². The maximum Gasteiger partial charge on any atom is 0.183 e. The van der Waals surface area contributed by atoms with Gasteiger partial charge in [-0.05, 0) is 13.0 Å². The topological polar surface area (TPSA) is 36.4 Å². The molecule has 1 saturated heterocycles. The van der Waals surface area contributed by atoms with Crippen LogP contribution in [0.5, 0.6) is 0 Å². The first-order chi connectivity index (χ1) is 7.11. The molecular weight excluding hydrogens is 232 g/mol.